The van der Waals surface area contributed by atoms with E-state index in [1.165, 1.54) is 12.4 Å². The van der Waals surface area contributed by atoms with Crippen LogP contribution in [0.2, 0.25) is 0 Å². The van der Waals surface area contributed by atoms with Crippen LogP contribution in [-0.2, 0) is 9.53 Å². The molecule has 2 aliphatic heterocycles. The third-order valence-corrected chi connectivity index (χ3v) is 6.00. The van der Waals surface area contributed by atoms with E-state index in [4.69, 9.17) is 10.5 Å². The maximum Gasteiger partial charge on any atom is 0.228 e. The molecule has 0 bridgehead atoms. The maximum absolute atomic E-state index is 15.7. The number of nitrogens with one attached hydrogen (secondary N) is 1. The lowest BCUT2D eigenvalue weighted by atomic mass is 9.89. The lowest BCUT2D eigenvalue weighted by Gasteiger charge is -2.42. The highest BCUT2D eigenvalue weighted by molar-refractivity contribution is 5.76. The van der Waals surface area contributed by atoms with Gasteiger partial charge in [0.15, 0.2) is 11.6 Å². The zero-order valence-electron chi connectivity index (χ0n) is 18.6. The molecule has 0 unspecified atom stereocenters. The summed E-state index contributed by atoms with van der Waals surface area (Å²) in [4.78, 5) is 32.7. The largest absolute Gasteiger partial charge is 0.394 e. The summed E-state index contributed by atoms with van der Waals surface area (Å²) in [6.07, 6.45) is 4.43. The van der Waals surface area contributed by atoms with Crippen molar-refractivity contribution in [2.75, 3.05) is 62.0 Å². The molecule has 2 fully saturated rings. The van der Waals surface area contributed by atoms with Gasteiger partial charge in [-0.25, -0.2) is 19.3 Å². The molecule has 11 nitrogen and oxygen atoms in total. The van der Waals surface area contributed by atoms with Crippen LogP contribution >= 0.6 is 0 Å². The van der Waals surface area contributed by atoms with Gasteiger partial charge in [-0.15, -0.1) is 0 Å². The number of amides is 1. The number of aliphatic hydroxyl groups is 1. The summed E-state index contributed by atoms with van der Waals surface area (Å²) >= 11 is 0. The molecule has 0 spiro atoms. The quantitative estimate of drug-likeness (QED) is 0.563. The van der Waals surface area contributed by atoms with Crippen LogP contribution in [-0.4, -0.2) is 87.4 Å². The number of halogens is 1. The van der Waals surface area contributed by atoms with Gasteiger partial charge in [0.05, 0.1) is 25.4 Å². The van der Waals surface area contributed by atoms with Gasteiger partial charge in [-0.1, -0.05) is 6.92 Å². The van der Waals surface area contributed by atoms with Crippen LogP contribution in [0.15, 0.2) is 12.4 Å². The Morgan fingerprint density at radius 3 is 2.67 bits per heavy atom. The standard InChI is InChI=1S/C21H29FN8O3/c1-2-15(32)30-5-3-4-21(12-30,13-31)28-18-16(22)17(14-10-24-19(23)25-11-14)26-20(27-18)29-6-8-33-9-7-29/h10-11,31H,2-9,12-13H2,1H3,(H2,23,24,25)(H,26,27,28)/t21-/m1/s1. The Morgan fingerprint density at radius 1 is 1.27 bits per heavy atom. The number of nitrogens with two attached hydrogens (primary N) is 1. The minimum atomic E-state index is -0.921. The van der Waals surface area contributed by atoms with Gasteiger partial charge in [-0.2, -0.15) is 4.98 Å². The summed E-state index contributed by atoms with van der Waals surface area (Å²) in [5.41, 5.74) is 5.04. The Bertz CT molecular complexity index is 986. The third-order valence-electron chi connectivity index (χ3n) is 6.00. The molecule has 4 heterocycles. The maximum atomic E-state index is 15.7. The van der Waals surface area contributed by atoms with Crippen molar-refractivity contribution in [2.24, 2.45) is 0 Å². The number of aromatic nitrogens is 4. The topological polar surface area (TPSA) is 143 Å². The molecule has 2 aromatic rings. The fourth-order valence-corrected chi connectivity index (χ4v) is 4.16. The zero-order chi connectivity index (χ0) is 23.4. The van der Waals surface area contributed by atoms with E-state index in [9.17, 15) is 9.90 Å². The van der Waals surface area contributed by atoms with Crippen molar-refractivity contribution < 1.29 is 19.0 Å². The van der Waals surface area contributed by atoms with Crippen LogP contribution < -0.4 is 16.0 Å². The minimum Gasteiger partial charge on any atom is -0.394 e. The average molecular weight is 461 g/mol. The predicted molar refractivity (Wildman–Crippen MR) is 120 cm³/mol. The number of nitrogens with zero attached hydrogens (tertiary/aromatic N) is 6. The molecule has 178 valence electrons. The van der Waals surface area contributed by atoms with E-state index in [2.05, 4.69) is 25.3 Å². The molecule has 2 aromatic heterocycles. The van der Waals surface area contributed by atoms with Crippen LogP contribution in [0, 0.1) is 5.82 Å². The van der Waals surface area contributed by atoms with Crippen molar-refractivity contribution in [3.63, 3.8) is 0 Å². The Kier molecular flexibility index (Phi) is 6.84. The number of nitrogen functional groups attached to an aromatic ring is 1. The van der Waals surface area contributed by atoms with Crippen LogP contribution in [0.25, 0.3) is 11.3 Å². The van der Waals surface area contributed by atoms with E-state index in [0.717, 1.165) is 0 Å². The number of anilines is 3. The predicted octanol–water partition coefficient (Wildman–Crippen LogP) is 0.667. The van der Waals surface area contributed by atoms with Gasteiger partial charge < -0.3 is 30.7 Å². The number of hydrogen-bond donors (Lipinski definition) is 3. The van der Waals surface area contributed by atoms with Crippen LogP contribution in [0.5, 0.6) is 0 Å². The van der Waals surface area contributed by atoms with Crippen molar-refractivity contribution in [3.8, 4) is 11.3 Å². The number of likely N-dealkylation sites (tertiary alicyclic amines) is 1. The van der Waals surface area contributed by atoms with Crippen molar-refractivity contribution in [1.29, 1.82) is 0 Å². The molecular formula is C21H29FN8O3. The van der Waals surface area contributed by atoms with Crippen molar-refractivity contribution in [3.05, 3.63) is 18.2 Å². The Balaban J connectivity index is 1.73. The SMILES string of the molecule is CCC(=O)N1CCC[C@@](CO)(Nc2nc(N3CCOCC3)nc(-c3cnc(N)nc3)c2F)C1. The molecule has 0 saturated carbocycles. The number of ether oxygens (including phenoxy) is 1. The first-order valence-corrected chi connectivity index (χ1v) is 11.1. The Morgan fingerprint density at radius 2 is 2.00 bits per heavy atom. The number of carbonyl (C=O) groups excluding carboxylic acids is 1. The molecule has 1 amide bonds. The molecule has 33 heavy (non-hydrogen) atoms. The van der Waals surface area contributed by atoms with Crippen molar-refractivity contribution in [1.82, 2.24) is 24.8 Å². The summed E-state index contributed by atoms with van der Waals surface area (Å²) in [7, 11) is 0. The van der Waals surface area contributed by atoms with Crippen molar-refractivity contribution >= 4 is 23.6 Å². The lowest BCUT2D eigenvalue weighted by molar-refractivity contribution is -0.133. The number of morpholine rings is 1. The molecule has 12 heteroatoms. The summed E-state index contributed by atoms with van der Waals surface area (Å²) in [5, 5.41) is 13.4. The number of carbonyl (C=O) groups is 1. The fraction of sp³-hybridized carbons (Fsp3) is 0.571. The summed E-state index contributed by atoms with van der Waals surface area (Å²) in [6.45, 7) is 4.53. The Labute approximate surface area is 191 Å². The van der Waals surface area contributed by atoms with E-state index >= 15 is 4.39 Å². The second-order valence-electron chi connectivity index (χ2n) is 8.30. The molecule has 2 saturated heterocycles. The van der Waals surface area contributed by atoms with Crippen LogP contribution in [0.3, 0.4) is 0 Å². The first-order valence-electron chi connectivity index (χ1n) is 11.1. The zero-order valence-corrected chi connectivity index (χ0v) is 18.6. The average Bonchev–Trinajstić information content (AvgIpc) is 2.86. The second-order valence-corrected chi connectivity index (χ2v) is 8.30. The van der Waals surface area contributed by atoms with Gasteiger partial charge >= 0.3 is 0 Å². The molecule has 2 aliphatic rings. The second kappa shape index (κ2) is 9.79. The first kappa shape index (κ1) is 23.1. The molecular weight excluding hydrogens is 431 g/mol. The highest BCUT2D eigenvalue weighted by atomic mass is 19.1. The van der Waals surface area contributed by atoms with Crippen molar-refractivity contribution in [2.45, 2.75) is 31.7 Å². The number of aliphatic hydroxyl groups excluding tert-OH is 1. The smallest absolute Gasteiger partial charge is 0.228 e. The molecule has 0 aliphatic carbocycles. The molecule has 0 radical (unpaired) electrons. The summed E-state index contributed by atoms with van der Waals surface area (Å²) < 4.78 is 21.1. The highest BCUT2D eigenvalue weighted by Gasteiger charge is 2.38. The molecule has 1 atom stereocenters. The molecule has 0 aromatic carbocycles. The number of hydrogen-bond acceptors (Lipinski definition) is 10. The van der Waals surface area contributed by atoms with Crippen LogP contribution in [0.1, 0.15) is 26.2 Å². The third kappa shape index (κ3) is 4.96. The van der Waals surface area contributed by atoms with E-state index in [1.807, 2.05) is 4.90 Å². The Hall–Kier alpha value is -3.12. The van der Waals surface area contributed by atoms with E-state index < -0.39 is 11.4 Å². The fourth-order valence-electron chi connectivity index (χ4n) is 4.16. The number of piperidine rings is 1. The van der Waals surface area contributed by atoms with Gasteiger partial charge in [0, 0.05) is 50.6 Å². The van der Waals surface area contributed by atoms with Gasteiger partial charge in [-0.05, 0) is 12.8 Å². The molecule has 4 N–H and O–H groups in total. The van der Waals surface area contributed by atoms with Gasteiger partial charge in [0.2, 0.25) is 17.8 Å². The first-order chi connectivity index (χ1) is 15.9. The monoisotopic (exact) mass is 460 g/mol. The number of rotatable bonds is 6. The van der Waals surface area contributed by atoms with E-state index in [0.29, 0.717) is 63.6 Å². The summed E-state index contributed by atoms with van der Waals surface area (Å²) in [6, 6.07) is 0. The van der Waals surface area contributed by atoms with E-state index in [-0.39, 0.29) is 36.5 Å². The summed E-state index contributed by atoms with van der Waals surface area (Å²) in [5.74, 6) is -0.335. The van der Waals surface area contributed by atoms with Gasteiger partial charge in [0.1, 0.15) is 5.69 Å². The van der Waals surface area contributed by atoms with Crippen LogP contribution in [0.4, 0.5) is 22.1 Å². The molecule has 4 rings (SSSR count). The van der Waals surface area contributed by atoms with Gasteiger partial charge in [-0.3, -0.25) is 4.79 Å². The minimum absolute atomic E-state index is 0.00815. The highest BCUT2D eigenvalue weighted by Crippen LogP contribution is 2.32. The van der Waals surface area contributed by atoms with Gasteiger partial charge in [0.25, 0.3) is 0 Å². The lowest BCUT2D eigenvalue weighted by Crippen LogP contribution is -2.57. The normalized spacial score (nSPS) is 21.2. The van der Waals surface area contributed by atoms with E-state index in [1.54, 1.807) is 11.8 Å².